The Morgan fingerprint density at radius 3 is 1.22 bits per heavy atom. The third-order valence-corrected chi connectivity index (χ3v) is 3.45. The van der Waals surface area contributed by atoms with E-state index in [0.29, 0.717) is 0 Å². The molecule has 0 amide bonds. The SMILES string of the molecule is CC.CC.CC.CC.CCc1cccc(CC)c1.CCc1ccccc1C. The molecule has 0 saturated heterocycles. The molecule has 0 aliphatic heterocycles. The molecule has 0 nitrogen and oxygen atoms in total. The second-order valence-electron chi connectivity index (χ2n) is 4.81. The lowest BCUT2D eigenvalue weighted by molar-refractivity contribution is 1.09. The third-order valence-electron chi connectivity index (χ3n) is 3.45. The molecule has 0 aromatic heterocycles. The number of hydrogen-bond donors (Lipinski definition) is 0. The molecule has 0 unspecified atom stereocenters. The summed E-state index contributed by atoms with van der Waals surface area (Å²) >= 11 is 0. The van der Waals surface area contributed by atoms with Gasteiger partial charge in [-0.3, -0.25) is 0 Å². The van der Waals surface area contributed by atoms with Crippen LogP contribution in [-0.2, 0) is 19.3 Å². The monoisotopic (exact) mass is 374 g/mol. The first-order chi connectivity index (χ1) is 13.2. The van der Waals surface area contributed by atoms with Gasteiger partial charge in [-0.2, -0.15) is 0 Å². The Labute approximate surface area is 173 Å². The fourth-order valence-electron chi connectivity index (χ4n) is 2.08. The van der Waals surface area contributed by atoms with Crippen LogP contribution in [0, 0.1) is 6.92 Å². The van der Waals surface area contributed by atoms with Gasteiger partial charge in [0.25, 0.3) is 0 Å². The van der Waals surface area contributed by atoms with Gasteiger partial charge in [0.15, 0.2) is 0 Å². The van der Waals surface area contributed by atoms with E-state index in [0.717, 1.165) is 19.3 Å². The summed E-state index contributed by atoms with van der Waals surface area (Å²) in [5.74, 6) is 0. The summed E-state index contributed by atoms with van der Waals surface area (Å²) < 4.78 is 0. The molecule has 0 spiro atoms. The van der Waals surface area contributed by atoms with Gasteiger partial charge in [-0.05, 0) is 48.4 Å². The highest BCUT2D eigenvalue weighted by molar-refractivity contribution is 5.25. The molecule has 27 heavy (non-hydrogen) atoms. The maximum absolute atomic E-state index is 2.28. The van der Waals surface area contributed by atoms with Crippen LogP contribution in [0.25, 0.3) is 0 Å². The molecule has 0 bridgehead atoms. The quantitative estimate of drug-likeness (QED) is 0.501. The number of rotatable bonds is 3. The molecule has 0 N–H and O–H groups in total. The van der Waals surface area contributed by atoms with Crippen molar-refractivity contribution in [3.05, 3.63) is 70.8 Å². The summed E-state index contributed by atoms with van der Waals surface area (Å²) in [4.78, 5) is 0. The lowest BCUT2D eigenvalue weighted by atomic mass is 10.1. The zero-order valence-electron chi connectivity index (χ0n) is 20.7. The molecule has 2 rings (SSSR count). The fourth-order valence-corrected chi connectivity index (χ4v) is 2.08. The van der Waals surface area contributed by atoms with Crippen LogP contribution in [-0.4, -0.2) is 0 Å². The van der Waals surface area contributed by atoms with E-state index in [4.69, 9.17) is 0 Å². The first kappa shape index (κ1) is 33.1. The molecule has 0 atom stereocenters. The van der Waals surface area contributed by atoms with Crippen molar-refractivity contribution >= 4 is 0 Å². The van der Waals surface area contributed by atoms with Gasteiger partial charge in [0.2, 0.25) is 0 Å². The van der Waals surface area contributed by atoms with Crippen LogP contribution < -0.4 is 0 Å². The predicted molar refractivity (Wildman–Crippen MR) is 131 cm³/mol. The standard InChI is InChI=1S/C10H14.C9H12.4C2H6/c1-3-9-6-5-7-10(4-2)8-9;1-3-9-7-5-4-6-8(9)2;4*1-2/h5-8H,3-4H2,1-2H3;4-7H,3H2,1-2H3;4*1-2H3. The van der Waals surface area contributed by atoms with Crippen LogP contribution in [0.5, 0.6) is 0 Å². The summed E-state index contributed by atoms with van der Waals surface area (Å²) in [6.45, 7) is 24.7. The Morgan fingerprint density at radius 1 is 0.519 bits per heavy atom. The van der Waals surface area contributed by atoms with E-state index in [2.05, 4.69) is 76.2 Å². The van der Waals surface area contributed by atoms with Crippen molar-refractivity contribution in [3.8, 4) is 0 Å². The predicted octanol–water partition coefficient (Wildman–Crippen LogP) is 9.47. The minimum Gasteiger partial charge on any atom is -0.0683 e. The van der Waals surface area contributed by atoms with Crippen molar-refractivity contribution in [1.82, 2.24) is 0 Å². The van der Waals surface area contributed by atoms with Gasteiger partial charge >= 0.3 is 0 Å². The van der Waals surface area contributed by atoms with E-state index in [-0.39, 0.29) is 0 Å². The van der Waals surface area contributed by atoms with E-state index >= 15 is 0 Å². The summed E-state index contributed by atoms with van der Waals surface area (Å²) in [7, 11) is 0. The van der Waals surface area contributed by atoms with Crippen LogP contribution >= 0.6 is 0 Å². The first-order valence-corrected chi connectivity index (χ1v) is 11.3. The Hall–Kier alpha value is -1.56. The first-order valence-electron chi connectivity index (χ1n) is 11.3. The molecule has 2 aromatic carbocycles. The van der Waals surface area contributed by atoms with E-state index in [1.807, 2.05) is 55.4 Å². The fraction of sp³-hybridized carbons (Fsp3) is 0.556. The van der Waals surface area contributed by atoms with E-state index in [1.165, 1.54) is 22.3 Å². The lowest BCUT2D eigenvalue weighted by Gasteiger charge is -1.98. The molecule has 0 fully saturated rings. The van der Waals surface area contributed by atoms with Crippen LogP contribution in [0.4, 0.5) is 0 Å². The maximum Gasteiger partial charge on any atom is -0.0305 e. The molecule has 0 radical (unpaired) electrons. The Balaban J connectivity index is -0.000000144. The van der Waals surface area contributed by atoms with Gasteiger partial charge in [0.1, 0.15) is 0 Å². The maximum atomic E-state index is 2.28. The number of hydrogen-bond acceptors (Lipinski definition) is 0. The van der Waals surface area contributed by atoms with E-state index < -0.39 is 0 Å². The molecule has 0 heterocycles. The topological polar surface area (TPSA) is 0 Å². The molecule has 0 heteroatoms. The van der Waals surface area contributed by atoms with Crippen molar-refractivity contribution in [1.29, 1.82) is 0 Å². The second-order valence-corrected chi connectivity index (χ2v) is 4.81. The summed E-state index contributed by atoms with van der Waals surface area (Å²) in [6, 6.07) is 17.3. The van der Waals surface area contributed by atoms with Gasteiger partial charge in [0.05, 0.1) is 0 Å². The molecular formula is C27H50. The highest BCUT2D eigenvalue weighted by Crippen LogP contribution is 2.06. The van der Waals surface area contributed by atoms with Gasteiger partial charge < -0.3 is 0 Å². The average Bonchev–Trinajstić information content (AvgIpc) is 2.80. The molecule has 158 valence electrons. The van der Waals surface area contributed by atoms with Crippen molar-refractivity contribution < 1.29 is 0 Å². The van der Waals surface area contributed by atoms with Gasteiger partial charge in [-0.15, -0.1) is 0 Å². The lowest BCUT2D eigenvalue weighted by Crippen LogP contribution is -1.83. The van der Waals surface area contributed by atoms with Crippen molar-refractivity contribution in [2.45, 2.75) is 102 Å². The summed E-state index contributed by atoms with van der Waals surface area (Å²) in [6.07, 6.45) is 3.44. The van der Waals surface area contributed by atoms with Crippen molar-refractivity contribution in [2.24, 2.45) is 0 Å². The Kier molecular flexibility index (Phi) is 35.8. The molecule has 0 saturated carbocycles. The summed E-state index contributed by atoms with van der Waals surface area (Å²) in [5.41, 5.74) is 5.75. The van der Waals surface area contributed by atoms with Crippen molar-refractivity contribution in [2.75, 3.05) is 0 Å². The second kappa shape index (κ2) is 29.2. The van der Waals surface area contributed by atoms with Crippen LogP contribution in [0.1, 0.15) is 98.4 Å². The summed E-state index contributed by atoms with van der Waals surface area (Å²) in [5, 5.41) is 0. The normalized spacial score (nSPS) is 7.70. The minimum absolute atomic E-state index is 1.15. The van der Waals surface area contributed by atoms with Gasteiger partial charge in [0, 0.05) is 0 Å². The van der Waals surface area contributed by atoms with Gasteiger partial charge in [-0.25, -0.2) is 0 Å². The Bertz CT molecular complexity index is 464. The molecule has 0 aliphatic rings. The molecule has 0 aliphatic carbocycles. The average molecular weight is 375 g/mol. The third kappa shape index (κ3) is 19.0. The molecule has 2 aromatic rings. The highest BCUT2D eigenvalue weighted by atomic mass is 14.0. The number of benzene rings is 2. The molecular weight excluding hydrogens is 324 g/mol. The highest BCUT2D eigenvalue weighted by Gasteiger charge is 1.90. The van der Waals surface area contributed by atoms with Crippen LogP contribution in [0.3, 0.4) is 0 Å². The van der Waals surface area contributed by atoms with Crippen LogP contribution in [0.2, 0.25) is 0 Å². The zero-order chi connectivity index (χ0) is 22.1. The van der Waals surface area contributed by atoms with Gasteiger partial charge in [-0.1, -0.05) is 125 Å². The Morgan fingerprint density at radius 2 is 0.926 bits per heavy atom. The smallest absolute Gasteiger partial charge is 0.0305 e. The minimum atomic E-state index is 1.15. The van der Waals surface area contributed by atoms with E-state index in [9.17, 15) is 0 Å². The number of aryl methyl sites for hydroxylation is 4. The van der Waals surface area contributed by atoms with Crippen molar-refractivity contribution in [3.63, 3.8) is 0 Å². The van der Waals surface area contributed by atoms with E-state index in [1.54, 1.807) is 0 Å². The van der Waals surface area contributed by atoms with Crippen LogP contribution in [0.15, 0.2) is 48.5 Å². The largest absolute Gasteiger partial charge is 0.0683 e. The zero-order valence-corrected chi connectivity index (χ0v) is 20.7.